The number of benzene rings is 2. The standard InChI is InChI=1S/C20H17N3O/c1-14-10-11-23(13-14)16-8-6-15(7-9-16)12-19-21-18-5-3-2-4-17(18)20(24)22-19/h2-11,13H,12H2,1H3,(H,21,22,24). The maximum absolute atomic E-state index is 12.1. The summed E-state index contributed by atoms with van der Waals surface area (Å²) in [6, 6.07) is 17.8. The van der Waals surface area contributed by atoms with Crippen molar-refractivity contribution in [1.29, 1.82) is 0 Å². The maximum Gasteiger partial charge on any atom is 0.258 e. The molecule has 0 amide bonds. The van der Waals surface area contributed by atoms with Gasteiger partial charge in [-0.2, -0.15) is 0 Å². The molecule has 0 aliphatic carbocycles. The van der Waals surface area contributed by atoms with E-state index in [0.717, 1.165) is 16.8 Å². The molecule has 0 bridgehead atoms. The molecule has 0 saturated heterocycles. The summed E-state index contributed by atoms with van der Waals surface area (Å²) >= 11 is 0. The third-order valence-electron chi connectivity index (χ3n) is 4.11. The van der Waals surface area contributed by atoms with Crippen LogP contribution in [-0.4, -0.2) is 14.5 Å². The number of fused-ring (bicyclic) bond motifs is 1. The molecule has 24 heavy (non-hydrogen) atoms. The van der Waals surface area contributed by atoms with Crippen molar-refractivity contribution in [2.45, 2.75) is 13.3 Å². The van der Waals surface area contributed by atoms with Gasteiger partial charge in [-0.05, 0) is 48.4 Å². The molecular formula is C20H17N3O. The molecule has 4 nitrogen and oxygen atoms in total. The van der Waals surface area contributed by atoms with Crippen molar-refractivity contribution in [3.8, 4) is 5.69 Å². The smallest absolute Gasteiger partial charge is 0.258 e. The van der Waals surface area contributed by atoms with Gasteiger partial charge in [0.1, 0.15) is 5.82 Å². The highest BCUT2D eigenvalue weighted by Gasteiger charge is 2.05. The van der Waals surface area contributed by atoms with Gasteiger partial charge in [-0.1, -0.05) is 24.3 Å². The van der Waals surface area contributed by atoms with Crippen LogP contribution >= 0.6 is 0 Å². The lowest BCUT2D eigenvalue weighted by Gasteiger charge is -2.06. The molecule has 4 rings (SSSR count). The number of aryl methyl sites for hydroxylation is 1. The van der Waals surface area contributed by atoms with Gasteiger partial charge in [-0.15, -0.1) is 0 Å². The highest BCUT2D eigenvalue weighted by atomic mass is 16.1. The molecule has 0 saturated carbocycles. The van der Waals surface area contributed by atoms with Crippen LogP contribution in [0.4, 0.5) is 0 Å². The first-order valence-corrected chi connectivity index (χ1v) is 7.91. The zero-order valence-corrected chi connectivity index (χ0v) is 13.4. The molecule has 0 aliphatic heterocycles. The van der Waals surface area contributed by atoms with E-state index in [0.29, 0.717) is 17.6 Å². The summed E-state index contributed by atoms with van der Waals surface area (Å²) in [6.45, 7) is 2.08. The van der Waals surface area contributed by atoms with Crippen LogP contribution < -0.4 is 5.56 Å². The van der Waals surface area contributed by atoms with E-state index in [-0.39, 0.29) is 5.56 Å². The number of nitrogens with one attached hydrogen (secondary N) is 1. The summed E-state index contributed by atoms with van der Waals surface area (Å²) in [7, 11) is 0. The van der Waals surface area contributed by atoms with E-state index >= 15 is 0 Å². The van der Waals surface area contributed by atoms with Gasteiger partial charge in [0, 0.05) is 24.5 Å². The fourth-order valence-electron chi connectivity index (χ4n) is 2.86. The molecule has 0 fully saturated rings. The molecule has 2 heterocycles. The quantitative estimate of drug-likeness (QED) is 0.628. The largest absolute Gasteiger partial charge is 0.324 e. The van der Waals surface area contributed by atoms with Crippen LogP contribution in [-0.2, 0) is 6.42 Å². The van der Waals surface area contributed by atoms with E-state index in [9.17, 15) is 4.79 Å². The lowest BCUT2D eigenvalue weighted by atomic mass is 10.1. The average Bonchev–Trinajstić information content (AvgIpc) is 3.02. The Morgan fingerprint density at radius 3 is 2.58 bits per heavy atom. The number of para-hydroxylation sites is 1. The summed E-state index contributed by atoms with van der Waals surface area (Å²) in [6.07, 6.45) is 4.75. The normalized spacial score (nSPS) is 11.0. The summed E-state index contributed by atoms with van der Waals surface area (Å²) in [5, 5.41) is 0.625. The van der Waals surface area contributed by atoms with E-state index in [1.807, 2.05) is 24.4 Å². The molecule has 0 radical (unpaired) electrons. The van der Waals surface area contributed by atoms with Gasteiger partial charge in [0.05, 0.1) is 10.9 Å². The fourth-order valence-corrected chi connectivity index (χ4v) is 2.86. The van der Waals surface area contributed by atoms with Gasteiger partial charge in [0.15, 0.2) is 0 Å². The minimum absolute atomic E-state index is 0.0879. The van der Waals surface area contributed by atoms with Crippen molar-refractivity contribution < 1.29 is 0 Å². The first kappa shape index (κ1) is 14.5. The van der Waals surface area contributed by atoms with E-state index < -0.39 is 0 Å². The SMILES string of the molecule is Cc1ccn(-c2ccc(Cc3nc4ccccc4c(=O)[nH]3)cc2)c1. The third kappa shape index (κ3) is 2.74. The van der Waals surface area contributed by atoms with Crippen LogP contribution in [0.25, 0.3) is 16.6 Å². The van der Waals surface area contributed by atoms with Crippen LogP contribution in [0.3, 0.4) is 0 Å². The topological polar surface area (TPSA) is 50.7 Å². The van der Waals surface area contributed by atoms with E-state index in [1.54, 1.807) is 6.07 Å². The van der Waals surface area contributed by atoms with Crippen LogP contribution in [0, 0.1) is 6.92 Å². The number of hydrogen-bond acceptors (Lipinski definition) is 2. The second-order valence-electron chi connectivity index (χ2n) is 5.97. The van der Waals surface area contributed by atoms with E-state index in [4.69, 9.17) is 0 Å². The van der Waals surface area contributed by atoms with E-state index in [1.165, 1.54) is 5.56 Å². The Balaban J connectivity index is 1.62. The van der Waals surface area contributed by atoms with Crippen molar-refractivity contribution in [3.05, 3.63) is 94.3 Å². The van der Waals surface area contributed by atoms with Crippen molar-refractivity contribution >= 4 is 10.9 Å². The van der Waals surface area contributed by atoms with Crippen molar-refractivity contribution in [2.24, 2.45) is 0 Å². The van der Waals surface area contributed by atoms with Crippen molar-refractivity contribution in [2.75, 3.05) is 0 Å². The van der Waals surface area contributed by atoms with Gasteiger partial charge in [0.25, 0.3) is 5.56 Å². The minimum atomic E-state index is -0.0879. The summed E-state index contributed by atoms with van der Waals surface area (Å²) < 4.78 is 2.09. The van der Waals surface area contributed by atoms with Crippen LogP contribution in [0.2, 0.25) is 0 Å². The van der Waals surface area contributed by atoms with Crippen LogP contribution in [0.15, 0.2) is 71.8 Å². The average molecular weight is 315 g/mol. The molecule has 2 aromatic carbocycles. The summed E-state index contributed by atoms with van der Waals surface area (Å²) in [5.41, 5.74) is 4.11. The highest BCUT2D eigenvalue weighted by Crippen LogP contribution is 2.14. The molecule has 0 aliphatic rings. The summed E-state index contributed by atoms with van der Waals surface area (Å²) in [4.78, 5) is 19.6. The highest BCUT2D eigenvalue weighted by molar-refractivity contribution is 5.77. The predicted molar refractivity (Wildman–Crippen MR) is 95.7 cm³/mol. The number of aromatic amines is 1. The molecule has 118 valence electrons. The minimum Gasteiger partial charge on any atom is -0.324 e. The lowest BCUT2D eigenvalue weighted by molar-refractivity contribution is 0.970. The molecule has 0 unspecified atom stereocenters. The zero-order chi connectivity index (χ0) is 16.5. The van der Waals surface area contributed by atoms with Gasteiger partial charge in [0.2, 0.25) is 0 Å². The second-order valence-corrected chi connectivity index (χ2v) is 5.97. The number of hydrogen-bond donors (Lipinski definition) is 1. The Bertz CT molecular complexity index is 1060. The Morgan fingerprint density at radius 2 is 1.83 bits per heavy atom. The maximum atomic E-state index is 12.1. The first-order valence-electron chi connectivity index (χ1n) is 7.91. The Hall–Kier alpha value is -3.14. The Kier molecular flexibility index (Phi) is 3.50. The molecule has 0 atom stereocenters. The van der Waals surface area contributed by atoms with Crippen LogP contribution in [0.1, 0.15) is 17.0 Å². The molecule has 4 aromatic rings. The zero-order valence-electron chi connectivity index (χ0n) is 13.4. The molecule has 0 spiro atoms. The summed E-state index contributed by atoms with van der Waals surface area (Å²) in [5.74, 6) is 0.684. The van der Waals surface area contributed by atoms with Gasteiger partial charge in [-0.25, -0.2) is 4.98 Å². The second kappa shape index (κ2) is 5.81. The van der Waals surface area contributed by atoms with E-state index in [2.05, 4.69) is 58.0 Å². The molecule has 2 aromatic heterocycles. The molecular weight excluding hydrogens is 298 g/mol. The fraction of sp³-hybridized carbons (Fsp3) is 0.100. The van der Waals surface area contributed by atoms with Crippen molar-refractivity contribution in [3.63, 3.8) is 0 Å². The lowest BCUT2D eigenvalue weighted by Crippen LogP contribution is -2.12. The number of rotatable bonds is 3. The van der Waals surface area contributed by atoms with Gasteiger partial charge >= 0.3 is 0 Å². The first-order chi connectivity index (χ1) is 11.7. The Morgan fingerprint density at radius 1 is 1.04 bits per heavy atom. The predicted octanol–water partition coefficient (Wildman–Crippen LogP) is 3.61. The van der Waals surface area contributed by atoms with Gasteiger partial charge in [-0.3, -0.25) is 4.79 Å². The third-order valence-corrected chi connectivity index (χ3v) is 4.11. The molecule has 4 heteroatoms. The van der Waals surface area contributed by atoms with Crippen molar-refractivity contribution in [1.82, 2.24) is 14.5 Å². The van der Waals surface area contributed by atoms with Crippen LogP contribution in [0.5, 0.6) is 0 Å². The van der Waals surface area contributed by atoms with Gasteiger partial charge < -0.3 is 9.55 Å². The Labute approximate surface area is 139 Å². The molecule has 1 N–H and O–H groups in total. The number of H-pyrrole nitrogens is 1. The monoisotopic (exact) mass is 315 g/mol. The number of aromatic nitrogens is 3. The number of nitrogens with zero attached hydrogens (tertiary/aromatic N) is 2.